The molecule has 0 N–H and O–H groups in total. The van der Waals surface area contributed by atoms with Crippen molar-refractivity contribution in [3.8, 4) is 6.07 Å². The molecule has 0 bridgehead atoms. The smallest absolute Gasteiger partial charge is 0.0994 e. The molecule has 0 aliphatic carbocycles. The Hall–Kier alpha value is -2.21. The molecule has 0 atom stereocenters. The zero-order valence-electron chi connectivity index (χ0n) is 9.94. The fourth-order valence-corrected chi connectivity index (χ4v) is 1.76. The molecule has 0 fully saturated rings. The van der Waals surface area contributed by atoms with Gasteiger partial charge in [-0.05, 0) is 25.5 Å². The summed E-state index contributed by atoms with van der Waals surface area (Å²) in [5.74, 6) is 0. The molecule has 1 aromatic carbocycles. The predicted octanol–water partition coefficient (Wildman–Crippen LogP) is 2.56. The van der Waals surface area contributed by atoms with Crippen molar-refractivity contribution in [1.82, 2.24) is 9.97 Å². The topological polar surface area (TPSA) is 49.6 Å². The summed E-state index contributed by atoms with van der Waals surface area (Å²) in [6.45, 7) is 3.87. The summed E-state index contributed by atoms with van der Waals surface area (Å²) in [5, 5.41) is 9.02. The molecule has 84 valence electrons. The van der Waals surface area contributed by atoms with Crippen molar-refractivity contribution < 1.29 is 0 Å². The predicted molar refractivity (Wildman–Crippen MR) is 65.5 cm³/mol. The van der Waals surface area contributed by atoms with Crippen molar-refractivity contribution >= 4 is 0 Å². The Kier molecular flexibility index (Phi) is 3.15. The Morgan fingerprint density at radius 1 is 1.24 bits per heavy atom. The van der Waals surface area contributed by atoms with E-state index in [0.717, 1.165) is 22.6 Å². The third-order valence-corrected chi connectivity index (χ3v) is 2.66. The van der Waals surface area contributed by atoms with E-state index in [-0.39, 0.29) is 0 Å². The molecule has 0 aliphatic heterocycles. The van der Waals surface area contributed by atoms with Crippen molar-refractivity contribution in [3.05, 3.63) is 58.7 Å². The van der Waals surface area contributed by atoms with Crippen LogP contribution in [0.3, 0.4) is 0 Å². The summed E-state index contributed by atoms with van der Waals surface area (Å²) < 4.78 is 0. The molecule has 0 unspecified atom stereocenters. The van der Waals surface area contributed by atoms with Crippen LogP contribution in [0.2, 0.25) is 0 Å². The molecule has 3 heteroatoms. The Morgan fingerprint density at radius 2 is 2.00 bits per heavy atom. The molecule has 2 aromatic rings. The Balaban J connectivity index is 2.35. The van der Waals surface area contributed by atoms with Crippen LogP contribution in [0.1, 0.15) is 28.2 Å². The van der Waals surface area contributed by atoms with Crippen molar-refractivity contribution in [3.63, 3.8) is 0 Å². The number of hydrogen-bond donors (Lipinski definition) is 0. The van der Waals surface area contributed by atoms with E-state index in [9.17, 15) is 0 Å². The maximum absolute atomic E-state index is 9.02. The highest BCUT2D eigenvalue weighted by Gasteiger charge is 2.06. The van der Waals surface area contributed by atoms with Gasteiger partial charge in [0, 0.05) is 12.6 Å². The van der Waals surface area contributed by atoms with Gasteiger partial charge >= 0.3 is 0 Å². The monoisotopic (exact) mass is 223 g/mol. The first-order chi connectivity index (χ1) is 8.20. The van der Waals surface area contributed by atoms with Gasteiger partial charge in [-0.2, -0.15) is 5.26 Å². The van der Waals surface area contributed by atoms with Crippen molar-refractivity contribution in [2.75, 3.05) is 0 Å². The third kappa shape index (κ3) is 2.48. The summed E-state index contributed by atoms with van der Waals surface area (Å²) >= 11 is 0. The number of nitrogens with zero attached hydrogens (tertiary/aromatic N) is 3. The van der Waals surface area contributed by atoms with Gasteiger partial charge in [-0.25, -0.2) is 0 Å². The summed E-state index contributed by atoms with van der Waals surface area (Å²) in [7, 11) is 0. The minimum Gasteiger partial charge on any atom is -0.257 e. The molecule has 3 nitrogen and oxygen atoms in total. The lowest BCUT2D eigenvalue weighted by Gasteiger charge is -2.06. The van der Waals surface area contributed by atoms with Crippen LogP contribution in [0.4, 0.5) is 0 Å². The number of nitriles is 1. The zero-order valence-corrected chi connectivity index (χ0v) is 9.94. The normalized spacial score (nSPS) is 9.94. The third-order valence-electron chi connectivity index (χ3n) is 2.66. The first kappa shape index (κ1) is 11.3. The van der Waals surface area contributed by atoms with E-state index in [1.54, 1.807) is 6.20 Å². The molecule has 0 saturated carbocycles. The van der Waals surface area contributed by atoms with Crippen LogP contribution in [0.5, 0.6) is 0 Å². The van der Waals surface area contributed by atoms with Gasteiger partial charge in [0.05, 0.1) is 28.7 Å². The van der Waals surface area contributed by atoms with Crippen molar-refractivity contribution in [2.45, 2.75) is 20.3 Å². The Labute approximate surface area is 101 Å². The zero-order chi connectivity index (χ0) is 12.3. The maximum atomic E-state index is 9.02. The van der Waals surface area contributed by atoms with Gasteiger partial charge in [0.1, 0.15) is 0 Å². The molecule has 1 aromatic heterocycles. The molecule has 0 aliphatic rings. The van der Waals surface area contributed by atoms with E-state index in [1.807, 2.05) is 38.1 Å². The summed E-state index contributed by atoms with van der Waals surface area (Å²) in [4.78, 5) is 8.76. The fraction of sp³-hybridized carbons (Fsp3) is 0.214. The molecule has 2 rings (SSSR count). The lowest BCUT2D eigenvalue weighted by molar-refractivity contribution is 0.952. The van der Waals surface area contributed by atoms with E-state index >= 15 is 0 Å². The van der Waals surface area contributed by atoms with E-state index in [2.05, 4.69) is 16.0 Å². The number of benzene rings is 1. The van der Waals surface area contributed by atoms with Crippen molar-refractivity contribution in [1.29, 1.82) is 5.26 Å². The fourth-order valence-electron chi connectivity index (χ4n) is 1.76. The van der Waals surface area contributed by atoms with Gasteiger partial charge in [0.25, 0.3) is 0 Å². The number of aromatic nitrogens is 2. The van der Waals surface area contributed by atoms with Crippen LogP contribution < -0.4 is 0 Å². The summed E-state index contributed by atoms with van der Waals surface area (Å²) in [6.07, 6.45) is 2.42. The van der Waals surface area contributed by atoms with Gasteiger partial charge in [-0.3, -0.25) is 9.97 Å². The first-order valence-corrected chi connectivity index (χ1v) is 5.48. The standard InChI is InChI=1S/C14H13N3/c1-10-9-16-14(11(2)17-10)7-12-5-3-4-6-13(12)8-15/h3-6,9H,7H2,1-2H3. The van der Waals surface area contributed by atoms with Gasteiger partial charge in [0.15, 0.2) is 0 Å². The van der Waals surface area contributed by atoms with Crippen LogP contribution in [-0.4, -0.2) is 9.97 Å². The highest BCUT2D eigenvalue weighted by Crippen LogP contribution is 2.14. The van der Waals surface area contributed by atoms with Gasteiger partial charge in [-0.15, -0.1) is 0 Å². The second kappa shape index (κ2) is 4.75. The largest absolute Gasteiger partial charge is 0.257 e. The minimum atomic E-state index is 0.656. The molecule has 0 saturated heterocycles. The van der Waals surface area contributed by atoms with Crippen LogP contribution >= 0.6 is 0 Å². The number of aryl methyl sites for hydroxylation is 2. The van der Waals surface area contributed by atoms with Gasteiger partial charge < -0.3 is 0 Å². The lowest BCUT2D eigenvalue weighted by Crippen LogP contribution is -2.01. The summed E-state index contributed by atoms with van der Waals surface area (Å²) in [5.41, 5.74) is 4.47. The quantitative estimate of drug-likeness (QED) is 0.786. The number of rotatable bonds is 2. The SMILES string of the molecule is Cc1cnc(Cc2ccccc2C#N)c(C)n1. The van der Waals surface area contributed by atoms with Crippen molar-refractivity contribution in [2.24, 2.45) is 0 Å². The molecule has 1 heterocycles. The van der Waals surface area contributed by atoms with E-state index < -0.39 is 0 Å². The van der Waals surface area contributed by atoms with Gasteiger partial charge in [-0.1, -0.05) is 18.2 Å². The number of hydrogen-bond acceptors (Lipinski definition) is 3. The summed E-state index contributed by atoms with van der Waals surface area (Å²) in [6, 6.07) is 9.79. The second-order valence-corrected chi connectivity index (χ2v) is 3.99. The molecule has 0 amide bonds. The first-order valence-electron chi connectivity index (χ1n) is 5.48. The van der Waals surface area contributed by atoms with E-state index in [4.69, 9.17) is 5.26 Å². The molecular weight excluding hydrogens is 210 g/mol. The maximum Gasteiger partial charge on any atom is 0.0994 e. The Morgan fingerprint density at radius 3 is 2.71 bits per heavy atom. The molecular formula is C14H13N3. The molecule has 17 heavy (non-hydrogen) atoms. The van der Waals surface area contributed by atoms with E-state index in [0.29, 0.717) is 12.0 Å². The Bertz CT molecular complexity index is 582. The molecule has 0 spiro atoms. The van der Waals surface area contributed by atoms with Crippen LogP contribution in [0, 0.1) is 25.2 Å². The lowest BCUT2D eigenvalue weighted by atomic mass is 10.0. The average molecular weight is 223 g/mol. The average Bonchev–Trinajstić information content (AvgIpc) is 2.33. The van der Waals surface area contributed by atoms with E-state index in [1.165, 1.54) is 0 Å². The second-order valence-electron chi connectivity index (χ2n) is 3.99. The van der Waals surface area contributed by atoms with Gasteiger partial charge in [0.2, 0.25) is 0 Å². The minimum absolute atomic E-state index is 0.656. The molecule has 0 radical (unpaired) electrons. The van der Waals surface area contributed by atoms with Crippen LogP contribution in [0.15, 0.2) is 30.5 Å². The highest BCUT2D eigenvalue weighted by atomic mass is 14.8. The van der Waals surface area contributed by atoms with Crippen LogP contribution in [-0.2, 0) is 6.42 Å². The van der Waals surface area contributed by atoms with Crippen LogP contribution in [0.25, 0.3) is 0 Å². The highest BCUT2D eigenvalue weighted by molar-refractivity contribution is 5.39.